The van der Waals surface area contributed by atoms with Crippen LogP contribution in [0.1, 0.15) is 24.3 Å². The minimum Gasteiger partial charge on any atom is -0.493 e. The lowest BCUT2D eigenvalue weighted by atomic mass is 10.2. The van der Waals surface area contributed by atoms with E-state index >= 15 is 0 Å². The van der Waals surface area contributed by atoms with Gasteiger partial charge < -0.3 is 24.8 Å². The summed E-state index contributed by atoms with van der Waals surface area (Å²) in [5, 5.41) is 13.8. The van der Waals surface area contributed by atoms with E-state index in [2.05, 4.69) is 20.8 Å². The van der Waals surface area contributed by atoms with Crippen molar-refractivity contribution >= 4 is 17.4 Å². The van der Waals surface area contributed by atoms with E-state index in [1.807, 2.05) is 13.8 Å². The number of hydrogen-bond donors (Lipinski definition) is 2. The molecule has 0 aliphatic rings. The largest absolute Gasteiger partial charge is 0.493 e. The van der Waals surface area contributed by atoms with Gasteiger partial charge >= 0.3 is 0 Å². The number of nitrogens with zero attached hydrogens (tertiary/aromatic N) is 2. The molecule has 1 aromatic carbocycles. The van der Waals surface area contributed by atoms with Gasteiger partial charge in [0.1, 0.15) is 0 Å². The van der Waals surface area contributed by atoms with E-state index in [4.69, 9.17) is 14.2 Å². The second-order valence-corrected chi connectivity index (χ2v) is 5.47. The van der Waals surface area contributed by atoms with Gasteiger partial charge in [-0.15, -0.1) is 10.2 Å². The van der Waals surface area contributed by atoms with Gasteiger partial charge in [-0.25, -0.2) is 0 Å². The van der Waals surface area contributed by atoms with Crippen molar-refractivity contribution < 1.29 is 19.0 Å². The first-order chi connectivity index (χ1) is 12.0. The number of ether oxygens (including phenoxy) is 3. The highest BCUT2D eigenvalue weighted by Gasteiger charge is 2.14. The van der Waals surface area contributed by atoms with Gasteiger partial charge in [-0.3, -0.25) is 4.79 Å². The summed E-state index contributed by atoms with van der Waals surface area (Å²) < 4.78 is 15.9. The maximum Gasteiger partial charge on any atom is 0.271 e. The molecule has 25 heavy (non-hydrogen) atoms. The highest BCUT2D eigenvalue weighted by Crippen LogP contribution is 2.40. The molecule has 0 fully saturated rings. The zero-order valence-electron chi connectivity index (χ0n) is 14.9. The predicted molar refractivity (Wildman–Crippen MR) is 94.0 cm³/mol. The summed E-state index contributed by atoms with van der Waals surface area (Å²) in [5.74, 6) is 1.76. The lowest BCUT2D eigenvalue weighted by Gasteiger charge is -2.14. The first-order valence-electron chi connectivity index (χ1n) is 7.70. The summed E-state index contributed by atoms with van der Waals surface area (Å²) in [6, 6.07) is 6.81. The lowest BCUT2D eigenvalue weighted by Crippen LogP contribution is -2.30. The van der Waals surface area contributed by atoms with E-state index < -0.39 is 0 Å². The summed E-state index contributed by atoms with van der Waals surface area (Å²) in [4.78, 5) is 11.9. The van der Waals surface area contributed by atoms with E-state index in [1.54, 1.807) is 45.6 Å². The van der Waals surface area contributed by atoms with Crippen molar-refractivity contribution in [3.8, 4) is 17.2 Å². The van der Waals surface area contributed by atoms with Gasteiger partial charge in [-0.2, -0.15) is 0 Å². The molecule has 2 N–H and O–H groups in total. The fourth-order valence-electron chi connectivity index (χ4n) is 2.16. The molecule has 0 unspecified atom stereocenters. The van der Waals surface area contributed by atoms with Crippen molar-refractivity contribution in [1.29, 1.82) is 0 Å². The third-order valence-electron chi connectivity index (χ3n) is 3.25. The van der Waals surface area contributed by atoms with Gasteiger partial charge in [-0.1, -0.05) is 0 Å². The van der Waals surface area contributed by atoms with Gasteiger partial charge in [0.2, 0.25) is 5.75 Å². The van der Waals surface area contributed by atoms with Crippen LogP contribution in [-0.4, -0.2) is 43.5 Å². The Balaban J connectivity index is 2.21. The number of amides is 1. The summed E-state index contributed by atoms with van der Waals surface area (Å²) in [6.45, 7) is 3.76. The second kappa shape index (κ2) is 8.18. The number of hydrogen-bond acceptors (Lipinski definition) is 7. The molecule has 0 saturated heterocycles. The molecule has 1 aromatic heterocycles. The molecule has 8 nitrogen and oxygen atoms in total. The molecule has 0 atom stereocenters. The molecular formula is C17H22N4O4. The molecule has 2 aromatic rings. The molecule has 0 bridgehead atoms. The Morgan fingerprint density at radius 2 is 1.64 bits per heavy atom. The molecule has 0 spiro atoms. The molecule has 0 radical (unpaired) electrons. The van der Waals surface area contributed by atoms with Gasteiger partial charge in [0.05, 0.1) is 21.3 Å². The fourth-order valence-corrected chi connectivity index (χ4v) is 2.16. The Kier molecular flexibility index (Phi) is 5.99. The minimum absolute atomic E-state index is 0.0336. The highest BCUT2D eigenvalue weighted by atomic mass is 16.5. The molecule has 2 rings (SSSR count). The number of carbonyl (C=O) groups is 1. The van der Waals surface area contributed by atoms with Crippen LogP contribution in [-0.2, 0) is 0 Å². The Labute approximate surface area is 146 Å². The molecule has 0 aliphatic carbocycles. The number of benzene rings is 1. The SMILES string of the molecule is COc1cc(Nc2ccc(C(=O)NC(C)C)nn2)cc(OC)c1OC. The summed E-state index contributed by atoms with van der Waals surface area (Å²) in [6.07, 6.45) is 0. The second-order valence-electron chi connectivity index (χ2n) is 5.47. The first kappa shape index (κ1) is 18.3. The van der Waals surface area contributed by atoms with Crippen LogP contribution in [0.4, 0.5) is 11.5 Å². The summed E-state index contributed by atoms with van der Waals surface area (Å²) in [7, 11) is 4.63. The maximum absolute atomic E-state index is 11.9. The Hall–Kier alpha value is -3.03. The zero-order chi connectivity index (χ0) is 18.4. The van der Waals surface area contributed by atoms with E-state index in [1.165, 1.54) is 0 Å². The van der Waals surface area contributed by atoms with E-state index in [0.717, 1.165) is 0 Å². The molecule has 1 amide bonds. The maximum atomic E-state index is 11.9. The van der Waals surface area contributed by atoms with Crippen molar-refractivity contribution in [3.05, 3.63) is 30.0 Å². The molecule has 134 valence electrons. The van der Waals surface area contributed by atoms with Crippen LogP contribution < -0.4 is 24.8 Å². The lowest BCUT2D eigenvalue weighted by molar-refractivity contribution is 0.0937. The number of anilines is 2. The predicted octanol–water partition coefficient (Wildman–Crippen LogP) is 2.38. The van der Waals surface area contributed by atoms with Crippen LogP contribution in [0.3, 0.4) is 0 Å². The van der Waals surface area contributed by atoms with Crippen molar-refractivity contribution in [1.82, 2.24) is 15.5 Å². The first-order valence-corrected chi connectivity index (χ1v) is 7.70. The van der Waals surface area contributed by atoms with Crippen LogP contribution in [0.25, 0.3) is 0 Å². The van der Waals surface area contributed by atoms with Crippen LogP contribution >= 0.6 is 0 Å². The van der Waals surface area contributed by atoms with Gasteiger partial charge in [0, 0.05) is 23.9 Å². The minimum atomic E-state index is -0.262. The van der Waals surface area contributed by atoms with Crippen molar-refractivity contribution in [2.45, 2.75) is 19.9 Å². The Morgan fingerprint density at radius 3 is 2.08 bits per heavy atom. The van der Waals surface area contributed by atoms with Crippen LogP contribution in [0, 0.1) is 0 Å². The van der Waals surface area contributed by atoms with Crippen molar-refractivity contribution in [2.24, 2.45) is 0 Å². The standard InChI is InChI=1S/C17H22N4O4/c1-10(2)18-17(22)12-6-7-15(21-20-12)19-11-8-13(23-3)16(25-5)14(9-11)24-4/h6-10H,1-5H3,(H,18,22)(H,19,21). The van der Waals surface area contributed by atoms with Gasteiger partial charge in [-0.05, 0) is 26.0 Å². The van der Waals surface area contributed by atoms with Crippen LogP contribution in [0.5, 0.6) is 17.2 Å². The normalized spacial score (nSPS) is 10.3. The fraction of sp³-hybridized carbons (Fsp3) is 0.353. The molecular weight excluding hydrogens is 324 g/mol. The van der Waals surface area contributed by atoms with Crippen molar-refractivity contribution in [2.75, 3.05) is 26.6 Å². The van der Waals surface area contributed by atoms with Gasteiger partial charge in [0.15, 0.2) is 23.0 Å². The van der Waals surface area contributed by atoms with Gasteiger partial charge in [0.25, 0.3) is 5.91 Å². The average molecular weight is 346 g/mol. The highest BCUT2D eigenvalue weighted by molar-refractivity contribution is 5.92. The number of nitrogens with one attached hydrogen (secondary N) is 2. The summed E-state index contributed by atoms with van der Waals surface area (Å²) in [5.41, 5.74) is 0.937. The molecule has 8 heteroatoms. The van der Waals surface area contributed by atoms with E-state index in [9.17, 15) is 4.79 Å². The topological polar surface area (TPSA) is 94.6 Å². The number of aromatic nitrogens is 2. The molecule has 0 aliphatic heterocycles. The third-order valence-corrected chi connectivity index (χ3v) is 3.25. The quantitative estimate of drug-likeness (QED) is 0.795. The zero-order valence-corrected chi connectivity index (χ0v) is 14.9. The van der Waals surface area contributed by atoms with E-state index in [0.29, 0.717) is 28.8 Å². The summed E-state index contributed by atoms with van der Waals surface area (Å²) >= 11 is 0. The number of carbonyl (C=O) groups excluding carboxylic acids is 1. The van der Waals surface area contributed by atoms with Crippen molar-refractivity contribution in [3.63, 3.8) is 0 Å². The number of methoxy groups -OCH3 is 3. The molecule has 0 saturated carbocycles. The third kappa shape index (κ3) is 4.50. The Bertz CT molecular complexity index is 707. The molecule has 1 heterocycles. The van der Waals surface area contributed by atoms with E-state index in [-0.39, 0.29) is 17.6 Å². The average Bonchev–Trinajstić information content (AvgIpc) is 2.60. The van der Waals surface area contributed by atoms with Crippen LogP contribution in [0.2, 0.25) is 0 Å². The monoisotopic (exact) mass is 346 g/mol. The van der Waals surface area contributed by atoms with Crippen LogP contribution in [0.15, 0.2) is 24.3 Å². The Morgan fingerprint density at radius 1 is 1.00 bits per heavy atom. The smallest absolute Gasteiger partial charge is 0.271 e. The number of rotatable bonds is 7.